The van der Waals surface area contributed by atoms with Crippen molar-refractivity contribution in [1.29, 1.82) is 0 Å². The largest absolute Gasteiger partial charge is 0.247 e. The topological polar surface area (TPSA) is 0 Å². The minimum Gasteiger partial charge on any atom is -0.247 e. The summed E-state index contributed by atoms with van der Waals surface area (Å²) in [7, 11) is 0. The predicted octanol–water partition coefficient (Wildman–Crippen LogP) is 4.83. The van der Waals surface area contributed by atoms with Gasteiger partial charge in [0.1, 0.15) is 6.17 Å². The molecule has 0 amide bonds. The lowest BCUT2D eigenvalue weighted by molar-refractivity contribution is 0.0271. The van der Waals surface area contributed by atoms with Crippen molar-refractivity contribution >= 4 is 0 Å². The third-order valence-electron chi connectivity index (χ3n) is 5.34. The van der Waals surface area contributed by atoms with Crippen molar-refractivity contribution in [2.24, 2.45) is 29.6 Å². The van der Waals surface area contributed by atoms with E-state index >= 15 is 0 Å². The van der Waals surface area contributed by atoms with Gasteiger partial charge in [-0.3, -0.25) is 0 Å². The standard InChI is InChI=1S/C15H27F/c1-10-4-7-13(8-5-10)14-9-6-11(2)15(16)12(14)3/h10-15H,4-9H2,1-3H3. The molecule has 2 aliphatic rings. The van der Waals surface area contributed by atoms with Gasteiger partial charge in [-0.25, -0.2) is 4.39 Å². The first-order chi connectivity index (χ1) is 7.59. The van der Waals surface area contributed by atoms with Crippen LogP contribution in [0.5, 0.6) is 0 Å². The van der Waals surface area contributed by atoms with Crippen LogP contribution >= 0.6 is 0 Å². The van der Waals surface area contributed by atoms with Crippen molar-refractivity contribution in [3.8, 4) is 0 Å². The lowest BCUT2D eigenvalue weighted by atomic mass is 9.65. The Morgan fingerprint density at radius 2 is 1.44 bits per heavy atom. The zero-order chi connectivity index (χ0) is 11.7. The van der Waals surface area contributed by atoms with Gasteiger partial charge in [0.05, 0.1) is 0 Å². The van der Waals surface area contributed by atoms with Gasteiger partial charge in [-0.1, -0.05) is 33.6 Å². The van der Waals surface area contributed by atoms with Crippen LogP contribution in [0.3, 0.4) is 0 Å². The Morgan fingerprint density at radius 3 is 2.06 bits per heavy atom. The van der Waals surface area contributed by atoms with Crippen LogP contribution in [0.25, 0.3) is 0 Å². The molecular formula is C15H27F. The number of rotatable bonds is 1. The van der Waals surface area contributed by atoms with E-state index in [1.54, 1.807) is 0 Å². The second kappa shape index (κ2) is 5.06. The second-order valence-electron chi connectivity index (χ2n) is 6.54. The van der Waals surface area contributed by atoms with Crippen LogP contribution in [0.2, 0.25) is 0 Å². The molecule has 4 unspecified atom stereocenters. The normalized spacial score (nSPS) is 50.2. The Kier molecular flexibility index (Phi) is 3.92. The first-order valence-electron chi connectivity index (χ1n) is 7.23. The van der Waals surface area contributed by atoms with Gasteiger partial charge in [-0.15, -0.1) is 0 Å². The van der Waals surface area contributed by atoms with Crippen molar-refractivity contribution in [1.82, 2.24) is 0 Å². The van der Waals surface area contributed by atoms with Crippen LogP contribution in [0.15, 0.2) is 0 Å². The second-order valence-corrected chi connectivity index (χ2v) is 6.54. The van der Waals surface area contributed by atoms with Crippen LogP contribution in [0, 0.1) is 29.6 Å². The van der Waals surface area contributed by atoms with Gasteiger partial charge in [0, 0.05) is 0 Å². The van der Waals surface area contributed by atoms with Crippen molar-refractivity contribution in [3.05, 3.63) is 0 Å². The number of hydrogen-bond donors (Lipinski definition) is 0. The molecule has 0 saturated heterocycles. The quantitative estimate of drug-likeness (QED) is 0.600. The molecule has 0 aromatic carbocycles. The molecule has 2 aliphatic carbocycles. The predicted molar refractivity (Wildman–Crippen MR) is 67.1 cm³/mol. The number of alkyl halides is 1. The minimum absolute atomic E-state index is 0.300. The van der Waals surface area contributed by atoms with E-state index in [2.05, 4.69) is 20.8 Å². The van der Waals surface area contributed by atoms with E-state index in [1.165, 1.54) is 32.1 Å². The summed E-state index contributed by atoms with van der Waals surface area (Å²) in [6.07, 6.45) is 7.32. The van der Waals surface area contributed by atoms with Gasteiger partial charge in [-0.2, -0.15) is 0 Å². The zero-order valence-electron chi connectivity index (χ0n) is 11.1. The van der Waals surface area contributed by atoms with Crippen LogP contribution in [0.4, 0.5) is 4.39 Å². The van der Waals surface area contributed by atoms with Crippen molar-refractivity contribution in [3.63, 3.8) is 0 Å². The molecule has 4 atom stereocenters. The summed E-state index contributed by atoms with van der Waals surface area (Å²) in [6.45, 7) is 6.60. The fourth-order valence-electron chi connectivity index (χ4n) is 4.01. The first kappa shape index (κ1) is 12.4. The van der Waals surface area contributed by atoms with Gasteiger partial charge in [0.2, 0.25) is 0 Å². The third kappa shape index (κ3) is 2.43. The lowest BCUT2D eigenvalue weighted by Crippen LogP contribution is -2.38. The van der Waals surface area contributed by atoms with E-state index in [4.69, 9.17) is 0 Å². The molecule has 16 heavy (non-hydrogen) atoms. The fourth-order valence-corrected chi connectivity index (χ4v) is 4.01. The molecule has 0 N–H and O–H groups in total. The Balaban J connectivity index is 1.94. The summed E-state index contributed by atoms with van der Waals surface area (Å²) in [5, 5.41) is 0. The van der Waals surface area contributed by atoms with Gasteiger partial charge in [0.25, 0.3) is 0 Å². The molecule has 0 aromatic rings. The molecule has 2 saturated carbocycles. The third-order valence-corrected chi connectivity index (χ3v) is 5.34. The maximum absolute atomic E-state index is 14.1. The summed E-state index contributed by atoms with van der Waals surface area (Å²) in [6, 6.07) is 0. The highest BCUT2D eigenvalue weighted by Crippen LogP contribution is 2.44. The van der Waals surface area contributed by atoms with Crippen LogP contribution in [-0.4, -0.2) is 6.17 Å². The summed E-state index contributed by atoms with van der Waals surface area (Å²) in [5.74, 6) is 3.03. The van der Waals surface area contributed by atoms with Crippen LogP contribution in [-0.2, 0) is 0 Å². The van der Waals surface area contributed by atoms with Crippen LogP contribution < -0.4 is 0 Å². The SMILES string of the molecule is CC1CCC(C2CCC(C)C(F)C2C)CC1. The van der Waals surface area contributed by atoms with E-state index in [0.717, 1.165) is 18.3 Å². The van der Waals surface area contributed by atoms with E-state index in [0.29, 0.717) is 17.8 Å². The highest BCUT2D eigenvalue weighted by Gasteiger charge is 2.39. The van der Waals surface area contributed by atoms with E-state index < -0.39 is 6.17 Å². The van der Waals surface area contributed by atoms with E-state index in [9.17, 15) is 4.39 Å². The highest BCUT2D eigenvalue weighted by atomic mass is 19.1. The molecule has 0 heterocycles. The highest BCUT2D eigenvalue weighted by molar-refractivity contribution is 4.88. The minimum atomic E-state index is -0.543. The monoisotopic (exact) mass is 226 g/mol. The van der Waals surface area contributed by atoms with Crippen molar-refractivity contribution in [2.75, 3.05) is 0 Å². The van der Waals surface area contributed by atoms with Crippen LogP contribution in [0.1, 0.15) is 59.3 Å². The maximum Gasteiger partial charge on any atom is 0.105 e. The zero-order valence-corrected chi connectivity index (χ0v) is 11.1. The molecule has 0 spiro atoms. The summed E-state index contributed by atoms with van der Waals surface area (Å²) < 4.78 is 14.1. The number of halogens is 1. The summed E-state index contributed by atoms with van der Waals surface area (Å²) in [4.78, 5) is 0. The van der Waals surface area contributed by atoms with Crippen molar-refractivity contribution < 1.29 is 4.39 Å². The smallest absolute Gasteiger partial charge is 0.105 e. The molecule has 1 heteroatoms. The number of hydrogen-bond acceptors (Lipinski definition) is 0. The molecule has 0 aliphatic heterocycles. The maximum atomic E-state index is 14.1. The average Bonchev–Trinajstić information content (AvgIpc) is 2.28. The van der Waals surface area contributed by atoms with E-state index in [1.807, 2.05) is 0 Å². The Labute approximate surface area is 100 Å². The molecule has 2 rings (SSSR count). The Bertz CT molecular complexity index is 217. The van der Waals surface area contributed by atoms with E-state index in [-0.39, 0.29) is 0 Å². The molecule has 0 radical (unpaired) electrons. The fraction of sp³-hybridized carbons (Fsp3) is 1.00. The van der Waals surface area contributed by atoms with Crippen molar-refractivity contribution in [2.45, 2.75) is 65.5 Å². The molecule has 94 valence electrons. The lowest BCUT2D eigenvalue weighted by Gasteiger charge is -2.42. The summed E-state index contributed by atoms with van der Waals surface area (Å²) in [5.41, 5.74) is 0. The molecule has 0 nitrogen and oxygen atoms in total. The Morgan fingerprint density at radius 1 is 0.812 bits per heavy atom. The van der Waals surface area contributed by atoms with Gasteiger partial charge in [0.15, 0.2) is 0 Å². The molecule has 0 aromatic heterocycles. The molecule has 2 fully saturated rings. The molecular weight excluding hydrogens is 199 g/mol. The molecule has 0 bridgehead atoms. The van der Waals surface area contributed by atoms with Gasteiger partial charge in [-0.05, 0) is 55.3 Å². The average molecular weight is 226 g/mol. The Hall–Kier alpha value is -0.0700. The summed E-state index contributed by atoms with van der Waals surface area (Å²) >= 11 is 0. The van der Waals surface area contributed by atoms with Gasteiger partial charge < -0.3 is 0 Å². The van der Waals surface area contributed by atoms with Gasteiger partial charge >= 0.3 is 0 Å². The first-order valence-corrected chi connectivity index (χ1v) is 7.23.